The highest BCUT2D eigenvalue weighted by Crippen LogP contribution is 2.39. The van der Waals surface area contributed by atoms with E-state index in [4.69, 9.17) is 0 Å². The number of nitrogens with one attached hydrogen (secondary N) is 1. The quantitative estimate of drug-likeness (QED) is 0.838. The molecule has 6 heteroatoms. The summed E-state index contributed by atoms with van der Waals surface area (Å²) >= 11 is 0. The molecule has 0 saturated heterocycles. The summed E-state index contributed by atoms with van der Waals surface area (Å²) in [6.45, 7) is 4.13. The monoisotopic (exact) mass is 287 g/mol. The Hall–Kier alpha value is -2.11. The van der Waals surface area contributed by atoms with Crippen molar-refractivity contribution >= 4 is 5.91 Å². The van der Waals surface area contributed by atoms with Crippen molar-refractivity contribution < 1.29 is 4.79 Å². The number of rotatable bonds is 7. The van der Waals surface area contributed by atoms with Gasteiger partial charge in [0.05, 0.1) is 0 Å². The van der Waals surface area contributed by atoms with Gasteiger partial charge in [0.1, 0.15) is 5.82 Å². The normalized spacial score (nSPS) is 14.3. The van der Waals surface area contributed by atoms with Crippen LogP contribution in [-0.2, 0) is 17.9 Å². The number of amides is 1. The van der Waals surface area contributed by atoms with Crippen LogP contribution in [0.1, 0.15) is 36.7 Å². The zero-order valence-electron chi connectivity index (χ0n) is 12.3. The number of hydrogen-bond donors (Lipinski definition) is 1. The molecule has 0 radical (unpaired) electrons. The standard InChI is InChI=1S/C15H21N5O/c1-12-11-17-15(13-3-4-13)20(12)10-7-16-14(21)5-9-19-8-2-6-18-19/h2,6,8,11,13H,3-5,7,9-10H2,1H3,(H,16,21). The summed E-state index contributed by atoms with van der Waals surface area (Å²) in [6.07, 6.45) is 8.45. The Bertz CT molecular complexity index is 598. The summed E-state index contributed by atoms with van der Waals surface area (Å²) in [6, 6.07) is 1.86. The highest BCUT2D eigenvalue weighted by atomic mass is 16.1. The first-order valence-electron chi connectivity index (χ1n) is 7.50. The molecule has 0 bridgehead atoms. The summed E-state index contributed by atoms with van der Waals surface area (Å²) < 4.78 is 4.00. The van der Waals surface area contributed by atoms with Crippen LogP contribution in [0.3, 0.4) is 0 Å². The van der Waals surface area contributed by atoms with Gasteiger partial charge in [-0.2, -0.15) is 5.10 Å². The van der Waals surface area contributed by atoms with Gasteiger partial charge in [-0.25, -0.2) is 4.98 Å². The summed E-state index contributed by atoms with van der Waals surface area (Å²) in [4.78, 5) is 16.3. The smallest absolute Gasteiger partial charge is 0.221 e. The lowest BCUT2D eigenvalue weighted by Gasteiger charge is -2.11. The molecule has 0 atom stereocenters. The van der Waals surface area contributed by atoms with E-state index in [9.17, 15) is 4.79 Å². The first-order valence-corrected chi connectivity index (χ1v) is 7.50. The van der Waals surface area contributed by atoms with Crippen molar-refractivity contribution in [2.45, 2.75) is 45.2 Å². The Kier molecular flexibility index (Phi) is 4.03. The van der Waals surface area contributed by atoms with E-state index in [2.05, 4.69) is 26.9 Å². The number of aryl methyl sites for hydroxylation is 2. The molecular formula is C15H21N5O. The van der Waals surface area contributed by atoms with Gasteiger partial charge in [0.2, 0.25) is 5.91 Å². The fourth-order valence-corrected chi connectivity index (χ4v) is 2.48. The van der Waals surface area contributed by atoms with Crippen LogP contribution >= 0.6 is 0 Å². The topological polar surface area (TPSA) is 64.7 Å². The molecule has 2 aromatic heterocycles. The molecule has 2 heterocycles. The number of nitrogens with zero attached hydrogens (tertiary/aromatic N) is 4. The molecule has 0 aliphatic heterocycles. The van der Waals surface area contributed by atoms with Crippen molar-refractivity contribution in [1.29, 1.82) is 0 Å². The maximum atomic E-state index is 11.8. The Labute approximate surface area is 124 Å². The van der Waals surface area contributed by atoms with Gasteiger partial charge < -0.3 is 9.88 Å². The summed E-state index contributed by atoms with van der Waals surface area (Å²) in [7, 11) is 0. The van der Waals surface area contributed by atoms with Crippen LogP contribution in [-0.4, -0.2) is 31.8 Å². The van der Waals surface area contributed by atoms with E-state index in [1.165, 1.54) is 24.4 Å². The lowest BCUT2D eigenvalue weighted by atomic mass is 10.3. The van der Waals surface area contributed by atoms with Crippen LogP contribution in [0.15, 0.2) is 24.7 Å². The molecule has 1 aliphatic rings. The molecule has 1 aliphatic carbocycles. The molecule has 112 valence electrons. The summed E-state index contributed by atoms with van der Waals surface area (Å²) in [5, 5.41) is 7.05. The Morgan fingerprint density at radius 1 is 1.43 bits per heavy atom. The van der Waals surface area contributed by atoms with E-state index >= 15 is 0 Å². The number of aromatic nitrogens is 4. The summed E-state index contributed by atoms with van der Waals surface area (Å²) in [5.41, 5.74) is 1.17. The molecule has 1 amide bonds. The van der Waals surface area contributed by atoms with Crippen LogP contribution in [0.5, 0.6) is 0 Å². The number of carbonyl (C=O) groups is 1. The van der Waals surface area contributed by atoms with Crippen molar-refractivity contribution in [3.05, 3.63) is 36.2 Å². The first-order chi connectivity index (χ1) is 10.2. The predicted molar refractivity (Wildman–Crippen MR) is 78.8 cm³/mol. The van der Waals surface area contributed by atoms with Crippen LogP contribution in [0, 0.1) is 6.92 Å². The van der Waals surface area contributed by atoms with Gasteiger partial charge in [-0.05, 0) is 25.8 Å². The molecule has 6 nitrogen and oxygen atoms in total. The fraction of sp³-hybridized carbons (Fsp3) is 0.533. The van der Waals surface area contributed by atoms with Gasteiger partial charge in [0.25, 0.3) is 0 Å². The van der Waals surface area contributed by atoms with E-state index in [-0.39, 0.29) is 5.91 Å². The van der Waals surface area contributed by atoms with Crippen molar-refractivity contribution in [2.24, 2.45) is 0 Å². The molecule has 1 N–H and O–H groups in total. The van der Waals surface area contributed by atoms with Crippen LogP contribution in [0.4, 0.5) is 0 Å². The molecule has 3 rings (SSSR count). The molecule has 21 heavy (non-hydrogen) atoms. The van der Waals surface area contributed by atoms with E-state index in [1.54, 1.807) is 10.9 Å². The van der Waals surface area contributed by atoms with E-state index in [0.717, 1.165) is 6.54 Å². The third kappa shape index (κ3) is 3.51. The lowest BCUT2D eigenvalue weighted by molar-refractivity contribution is -0.121. The predicted octanol–water partition coefficient (Wildman–Crippen LogP) is 1.47. The zero-order valence-corrected chi connectivity index (χ0v) is 12.3. The minimum Gasteiger partial charge on any atom is -0.354 e. The van der Waals surface area contributed by atoms with Gasteiger partial charge in [0.15, 0.2) is 0 Å². The van der Waals surface area contributed by atoms with E-state index < -0.39 is 0 Å². The Morgan fingerprint density at radius 3 is 3.00 bits per heavy atom. The van der Waals surface area contributed by atoms with Crippen molar-refractivity contribution in [3.8, 4) is 0 Å². The second kappa shape index (κ2) is 6.11. The minimum atomic E-state index is 0.0660. The third-order valence-corrected chi connectivity index (χ3v) is 3.81. The van der Waals surface area contributed by atoms with Gasteiger partial charge >= 0.3 is 0 Å². The fourth-order valence-electron chi connectivity index (χ4n) is 2.48. The van der Waals surface area contributed by atoms with Gasteiger partial charge in [-0.15, -0.1) is 0 Å². The molecule has 0 aromatic carbocycles. The zero-order chi connectivity index (χ0) is 14.7. The van der Waals surface area contributed by atoms with Crippen LogP contribution in [0.25, 0.3) is 0 Å². The molecule has 0 unspecified atom stereocenters. The summed E-state index contributed by atoms with van der Waals surface area (Å²) in [5.74, 6) is 1.88. The third-order valence-electron chi connectivity index (χ3n) is 3.81. The van der Waals surface area contributed by atoms with Crippen LogP contribution < -0.4 is 5.32 Å². The first kappa shape index (κ1) is 13.9. The highest BCUT2D eigenvalue weighted by molar-refractivity contribution is 5.75. The molecule has 1 saturated carbocycles. The van der Waals surface area contributed by atoms with E-state index in [0.29, 0.717) is 25.4 Å². The van der Waals surface area contributed by atoms with Gasteiger partial charge in [-0.1, -0.05) is 0 Å². The molecule has 0 spiro atoms. The van der Waals surface area contributed by atoms with Gasteiger partial charge in [-0.3, -0.25) is 9.48 Å². The van der Waals surface area contributed by atoms with Crippen molar-refractivity contribution in [1.82, 2.24) is 24.6 Å². The van der Waals surface area contributed by atoms with Crippen molar-refractivity contribution in [3.63, 3.8) is 0 Å². The average Bonchev–Trinajstić information content (AvgIpc) is 3.06. The number of carbonyl (C=O) groups excluding carboxylic acids is 1. The Morgan fingerprint density at radius 2 is 2.29 bits per heavy atom. The SMILES string of the molecule is Cc1cnc(C2CC2)n1CCNC(=O)CCn1cccn1. The van der Waals surface area contributed by atoms with Crippen LogP contribution in [0.2, 0.25) is 0 Å². The molecule has 2 aromatic rings. The average molecular weight is 287 g/mol. The van der Waals surface area contributed by atoms with Crippen molar-refractivity contribution in [2.75, 3.05) is 6.54 Å². The highest BCUT2D eigenvalue weighted by Gasteiger charge is 2.28. The number of imidazole rings is 1. The number of hydrogen-bond acceptors (Lipinski definition) is 3. The largest absolute Gasteiger partial charge is 0.354 e. The second-order valence-corrected chi connectivity index (χ2v) is 5.55. The van der Waals surface area contributed by atoms with E-state index in [1.807, 2.05) is 18.5 Å². The van der Waals surface area contributed by atoms with Gasteiger partial charge in [0, 0.05) is 56.3 Å². The molecular weight excluding hydrogens is 266 g/mol. The second-order valence-electron chi connectivity index (χ2n) is 5.55. The molecule has 1 fully saturated rings. The maximum Gasteiger partial charge on any atom is 0.221 e. The minimum absolute atomic E-state index is 0.0660. The maximum absolute atomic E-state index is 11.8. The lowest BCUT2D eigenvalue weighted by Crippen LogP contribution is -2.28. The Balaban J connectivity index is 1.43.